The first-order chi connectivity index (χ1) is 7.94. The van der Waals surface area contributed by atoms with Gasteiger partial charge in [0.1, 0.15) is 0 Å². The summed E-state index contributed by atoms with van der Waals surface area (Å²) in [6.07, 6.45) is 1.62. The average molecular weight is 274 g/mol. The molecule has 1 aliphatic heterocycles. The van der Waals surface area contributed by atoms with Crippen LogP contribution in [0.25, 0.3) is 0 Å². The van der Waals surface area contributed by atoms with Crippen LogP contribution in [0.4, 0.5) is 0 Å². The number of rotatable bonds is 2. The van der Waals surface area contributed by atoms with Gasteiger partial charge in [0.2, 0.25) is 0 Å². The first-order valence-electron chi connectivity index (χ1n) is 6.09. The molecule has 0 saturated carbocycles. The molecule has 1 atom stereocenters. The van der Waals surface area contributed by atoms with Gasteiger partial charge < -0.3 is 5.11 Å². The highest BCUT2D eigenvalue weighted by molar-refractivity contribution is 7.16. The summed E-state index contributed by atoms with van der Waals surface area (Å²) < 4.78 is 0.856. The normalized spacial score (nSPS) is 25.8. The van der Waals surface area contributed by atoms with Crippen molar-refractivity contribution >= 4 is 22.9 Å². The second-order valence-corrected chi connectivity index (χ2v) is 7.53. The fourth-order valence-corrected chi connectivity index (χ4v) is 3.74. The summed E-state index contributed by atoms with van der Waals surface area (Å²) in [5.41, 5.74) is 0.191. The van der Waals surface area contributed by atoms with E-state index in [-0.39, 0.29) is 11.5 Å². The molecule has 17 heavy (non-hydrogen) atoms. The van der Waals surface area contributed by atoms with Crippen LogP contribution in [0.5, 0.6) is 0 Å². The minimum atomic E-state index is -0.151. The van der Waals surface area contributed by atoms with Gasteiger partial charge in [-0.15, -0.1) is 11.3 Å². The van der Waals surface area contributed by atoms with E-state index in [1.165, 1.54) is 4.88 Å². The lowest BCUT2D eigenvalue weighted by Gasteiger charge is -2.29. The Morgan fingerprint density at radius 2 is 2.29 bits per heavy atom. The van der Waals surface area contributed by atoms with E-state index in [1.807, 2.05) is 6.07 Å². The van der Waals surface area contributed by atoms with E-state index in [4.69, 9.17) is 11.6 Å². The zero-order chi connectivity index (χ0) is 12.5. The molecule has 2 heterocycles. The maximum atomic E-state index is 9.87. The van der Waals surface area contributed by atoms with E-state index in [0.717, 1.165) is 36.8 Å². The molecule has 1 aromatic rings. The highest BCUT2D eigenvalue weighted by Gasteiger charge is 2.29. The number of aliphatic hydroxyl groups excluding tert-OH is 1. The lowest BCUT2D eigenvalue weighted by molar-refractivity contribution is 0.121. The number of hydrogen-bond donors (Lipinski definition) is 1. The third kappa shape index (κ3) is 3.95. The molecule has 1 saturated heterocycles. The van der Waals surface area contributed by atoms with Crippen LogP contribution in [0, 0.1) is 5.41 Å². The zero-order valence-electron chi connectivity index (χ0n) is 10.4. The SMILES string of the molecule is CC1(C)C[C@@H](O)CCN(Cc2ccc(Cl)s2)C1. The molecule has 0 bridgehead atoms. The summed E-state index contributed by atoms with van der Waals surface area (Å²) in [4.78, 5) is 3.74. The molecule has 1 aliphatic rings. The second-order valence-electron chi connectivity index (χ2n) is 5.73. The predicted molar refractivity (Wildman–Crippen MR) is 73.6 cm³/mol. The number of likely N-dealkylation sites (tertiary alicyclic amines) is 1. The van der Waals surface area contributed by atoms with Crippen molar-refractivity contribution in [3.63, 3.8) is 0 Å². The molecule has 1 N–H and O–H groups in total. The Morgan fingerprint density at radius 1 is 1.53 bits per heavy atom. The van der Waals surface area contributed by atoms with E-state index in [1.54, 1.807) is 11.3 Å². The van der Waals surface area contributed by atoms with Crippen LogP contribution < -0.4 is 0 Å². The Labute approximate surface area is 112 Å². The van der Waals surface area contributed by atoms with Crippen molar-refractivity contribution in [2.75, 3.05) is 13.1 Å². The number of thiophene rings is 1. The standard InChI is InChI=1S/C13H20ClNOS/c1-13(2)7-10(16)5-6-15(9-13)8-11-3-4-12(14)17-11/h3-4,10,16H,5-9H2,1-2H3/t10-/m0/s1. The van der Waals surface area contributed by atoms with Crippen molar-refractivity contribution in [3.05, 3.63) is 21.3 Å². The molecule has 4 heteroatoms. The van der Waals surface area contributed by atoms with Gasteiger partial charge in [0.05, 0.1) is 10.4 Å². The first kappa shape index (κ1) is 13.3. The van der Waals surface area contributed by atoms with Crippen LogP contribution in [0.3, 0.4) is 0 Å². The van der Waals surface area contributed by atoms with Crippen molar-refractivity contribution in [2.45, 2.75) is 39.3 Å². The van der Waals surface area contributed by atoms with Crippen LogP contribution in [-0.4, -0.2) is 29.2 Å². The number of nitrogens with zero attached hydrogens (tertiary/aromatic N) is 1. The van der Waals surface area contributed by atoms with E-state index in [2.05, 4.69) is 24.8 Å². The van der Waals surface area contributed by atoms with Gasteiger partial charge in [-0.2, -0.15) is 0 Å². The lowest BCUT2D eigenvalue weighted by atomic mass is 9.87. The maximum absolute atomic E-state index is 9.87. The average Bonchev–Trinajstić information content (AvgIpc) is 2.53. The summed E-state index contributed by atoms with van der Waals surface area (Å²) >= 11 is 7.60. The molecule has 0 aromatic carbocycles. The molecule has 2 nitrogen and oxygen atoms in total. The van der Waals surface area contributed by atoms with Crippen molar-refractivity contribution in [2.24, 2.45) is 5.41 Å². The highest BCUT2D eigenvalue weighted by Crippen LogP contribution is 2.30. The van der Waals surface area contributed by atoms with Crippen LogP contribution in [-0.2, 0) is 6.54 Å². The zero-order valence-corrected chi connectivity index (χ0v) is 12.0. The predicted octanol–water partition coefficient (Wildman–Crippen LogP) is 3.38. The third-order valence-corrected chi connectivity index (χ3v) is 4.44. The van der Waals surface area contributed by atoms with Crippen molar-refractivity contribution < 1.29 is 5.11 Å². The molecule has 1 fully saturated rings. The molecular formula is C13H20ClNOS. The van der Waals surface area contributed by atoms with Gasteiger partial charge in [0.25, 0.3) is 0 Å². The molecule has 0 spiro atoms. The fraction of sp³-hybridized carbons (Fsp3) is 0.692. The van der Waals surface area contributed by atoms with Gasteiger partial charge in [-0.05, 0) is 30.4 Å². The van der Waals surface area contributed by atoms with E-state index in [9.17, 15) is 5.11 Å². The molecule has 96 valence electrons. The van der Waals surface area contributed by atoms with Crippen LogP contribution in [0.15, 0.2) is 12.1 Å². The summed E-state index contributed by atoms with van der Waals surface area (Å²) in [6, 6.07) is 4.06. The molecule has 1 aromatic heterocycles. The molecule has 0 amide bonds. The van der Waals surface area contributed by atoms with E-state index >= 15 is 0 Å². The van der Waals surface area contributed by atoms with Gasteiger partial charge in [-0.25, -0.2) is 0 Å². The Kier molecular flexibility index (Phi) is 4.14. The van der Waals surface area contributed by atoms with Crippen LogP contribution in [0.1, 0.15) is 31.6 Å². The van der Waals surface area contributed by atoms with Gasteiger partial charge in [-0.3, -0.25) is 4.90 Å². The van der Waals surface area contributed by atoms with E-state index in [0.29, 0.717) is 0 Å². The Bertz CT molecular complexity index is 377. The third-order valence-electron chi connectivity index (χ3n) is 3.23. The monoisotopic (exact) mass is 273 g/mol. The fourth-order valence-electron chi connectivity index (χ4n) is 2.61. The van der Waals surface area contributed by atoms with Crippen molar-refractivity contribution in [3.8, 4) is 0 Å². The summed E-state index contributed by atoms with van der Waals surface area (Å²) in [5, 5.41) is 9.87. The van der Waals surface area contributed by atoms with Crippen LogP contribution >= 0.6 is 22.9 Å². The first-order valence-corrected chi connectivity index (χ1v) is 7.29. The maximum Gasteiger partial charge on any atom is 0.0931 e. The topological polar surface area (TPSA) is 23.5 Å². The number of hydrogen-bond acceptors (Lipinski definition) is 3. The summed E-state index contributed by atoms with van der Waals surface area (Å²) in [6.45, 7) is 7.43. The lowest BCUT2D eigenvalue weighted by Crippen LogP contribution is -2.32. The minimum Gasteiger partial charge on any atom is -0.393 e. The molecular weight excluding hydrogens is 254 g/mol. The van der Waals surface area contributed by atoms with E-state index < -0.39 is 0 Å². The molecule has 2 rings (SSSR count). The quantitative estimate of drug-likeness (QED) is 0.893. The second kappa shape index (κ2) is 5.27. The largest absolute Gasteiger partial charge is 0.393 e. The smallest absolute Gasteiger partial charge is 0.0931 e. The molecule has 0 unspecified atom stereocenters. The van der Waals surface area contributed by atoms with Gasteiger partial charge in [0, 0.05) is 24.5 Å². The minimum absolute atomic E-state index is 0.151. The van der Waals surface area contributed by atoms with Gasteiger partial charge in [0.15, 0.2) is 0 Å². The Morgan fingerprint density at radius 3 is 2.94 bits per heavy atom. The van der Waals surface area contributed by atoms with Crippen LogP contribution in [0.2, 0.25) is 4.34 Å². The molecule has 0 aliphatic carbocycles. The van der Waals surface area contributed by atoms with Crippen molar-refractivity contribution in [1.82, 2.24) is 4.90 Å². The summed E-state index contributed by atoms with van der Waals surface area (Å²) in [7, 11) is 0. The van der Waals surface area contributed by atoms with Gasteiger partial charge in [-0.1, -0.05) is 25.4 Å². The van der Waals surface area contributed by atoms with Crippen molar-refractivity contribution in [1.29, 1.82) is 0 Å². The number of aliphatic hydroxyl groups is 1. The number of halogens is 1. The van der Waals surface area contributed by atoms with Gasteiger partial charge >= 0.3 is 0 Å². The summed E-state index contributed by atoms with van der Waals surface area (Å²) in [5.74, 6) is 0. The Balaban J connectivity index is 2.00. The molecule has 0 radical (unpaired) electrons. The Hall–Kier alpha value is -0.0900. The highest BCUT2D eigenvalue weighted by atomic mass is 35.5.